The zero-order chi connectivity index (χ0) is 21.6. The average molecular weight is 434 g/mol. The third-order valence-electron chi connectivity index (χ3n) is 4.60. The largest absolute Gasteiger partial charge is 0.310 e. The highest BCUT2D eigenvalue weighted by molar-refractivity contribution is 7.99. The van der Waals surface area contributed by atoms with E-state index in [4.69, 9.17) is 0 Å². The number of nitrogens with zero attached hydrogens (tertiary/aromatic N) is 6. The van der Waals surface area contributed by atoms with Gasteiger partial charge in [0.1, 0.15) is 5.82 Å². The van der Waals surface area contributed by atoms with E-state index in [-0.39, 0.29) is 17.7 Å². The average Bonchev–Trinajstić information content (AvgIpc) is 3.41. The van der Waals surface area contributed by atoms with Gasteiger partial charge in [-0.15, -0.1) is 10.2 Å². The lowest BCUT2D eigenvalue weighted by Gasteiger charge is -2.12. The molecule has 0 radical (unpaired) electrons. The van der Waals surface area contributed by atoms with Crippen molar-refractivity contribution in [2.45, 2.75) is 31.6 Å². The van der Waals surface area contributed by atoms with Crippen LogP contribution in [-0.2, 0) is 11.3 Å². The second kappa shape index (κ2) is 9.57. The monoisotopic (exact) mass is 433 g/mol. The zero-order valence-electron chi connectivity index (χ0n) is 17.3. The molecule has 0 spiro atoms. The second-order valence-corrected chi connectivity index (χ2v) is 8.15. The molecule has 0 aliphatic heterocycles. The molecule has 0 saturated carbocycles. The Morgan fingerprint density at radius 2 is 1.81 bits per heavy atom. The molecule has 0 fully saturated rings. The fraction of sp³-hybridized carbons (Fsp3) is 0.227. The van der Waals surface area contributed by atoms with Gasteiger partial charge in [0.25, 0.3) is 0 Å². The number of hydrogen-bond acceptors (Lipinski definition) is 6. The lowest BCUT2D eigenvalue weighted by Crippen LogP contribution is -2.18. The molecule has 3 heterocycles. The Morgan fingerprint density at radius 1 is 1.03 bits per heavy atom. The van der Waals surface area contributed by atoms with Crippen molar-refractivity contribution in [2.75, 3.05) is 11.1 Å². The minimum atomic E-state index is -0.118. The van der Waals surface area contributed by atoms with Gasteiger partial charge < -0.3 is 5.32 Å². The van der Waals surface area contributed by atoms with Crippen molar-refractivity contribution < 1.29 is 4.79 Å². The van der Waals surface area contributed by atoms with Gasteiger partial charge in [-0.05, 0) is 31.5 Å². The first kappa shape index (κ1) is 20.8. The van der Waals surface area contributed by atoms with Crippen molar-refractivity contribution in [3.63, 3.8) is 0 Å². The molecule has 8 nitrogen and oxygen atoms in total. The van der Waals surface area contributed by atoms with E-state index in [1.807, 2.05) is 48.7 Å². The predicted molar refractivity (Wildman–Crippen MR) is 121 cm³/mol. The Balaban J connectivity index is 1.53. The summed E-state index contributed by atoms with van der Waals surface area (Å²) in [5, 5.41) is 16.6. The van der Waals surface area contributed by atoms with Crippen molar-refractivity contribution >= 4 is 23.5 Å². The first-order chi connectivity index (χ1) is 15.1. The van der Waals surface area contributed by atoms with Crippen LogP contribution in [0.3, 0.4) is 0 Å². The molecule has 9 heteroatoms. The summed E-state index contributed by atoms with van der Waals surface area (Å²) in [6, 6.07) is 15.9. The fourth-order valence-corrected chi connectivity index (χ4v) is 3.89. The van der Waals surface area contributed by atoms with Crippen LogP contribution in [-0.4, -0.2) is 41.2 Å². The Morgan fingerprint density at radius 3 is 2.55 bits per heavy atom. The molecule has 31 heavy (non-hydrogen) atoms. The number of anilines is 1. The van der Waals surface area contributed by atoms with Crippen LogP contribution >= 0.6 is 11.8 Å². The van der Waals surface area contributed by atoms with Gasteiger partial charge in [-0.1, -0.05) is 42.1 Å². The normalized spacial score (nSPS) is 11.1. The summed E-state index contributed by atoms with van der Waals surface area (Å²) in [5.74, 6) is 1.52. The van der Waals surface area contributed by atoms with Crippen LogP contribution in [0.1, 0.15) is 25.5 Å². The van der Waals surface area contributed by atoms with Crippen molar-refractivity contribution in [3.8, 4) is 11.4 Å². The van der Waals surface area contributed by atoms with E-state index < -0.39 is 0 Å². The highest BCUT2D eigenvalue weighted by atomic mass is 32.2. The lowest BCUT2D eigenvalue weighted by molar-refractivity contribution is -0.113. The van der Waals surface area contributed by atoms with Crippen molar-refractivity contribution in [1.29, 1.82) is 0 Å². The number of carbonyl (C=O) groups excluding carboxylic acids is 1. The third-order valence-corrected chi connectivity index (χ3v) is 5.56. The maximum Gasteiger partial charge on any atom is 0.235 e. The molecule has 4 rings (SSSR count). The van der Waals surface area contributed by atoms with Gasteiger partial charge in [0.2, 0.25) is 5.91 Å². The van der Waals surface area contributed by atoms with E-state index in [2.05, 4.69) is 37.7 Å². The van der Waals surface area contributed by atoms with Crippen LogP contribution in [0.2, 0.25) is 0 Å². The molecule has 0 unspecified atom stereocenters. The van der Waals surface area contributed by atoms with Gasteiger partial charge in [-0.2, -0.15) is 5.10 Å². The van der Waals surface area contributed by atoms with Crippen LogP contribution < -0.4 is 5.32 Å². The van der Waals surface area contributed by atoms with Crippen LogP contribution in [0.25, 0.3) is 11.4 Å². The maximum absolute atomic E-state index is 12.6. The molecule has 0 aliphatic carbocycles. The van der Waals surface area contributed by atoms with Gasteiger partial charge in [0, 0.05) is 30.1 Å². The Hall–Kier alpha value is -3.46. The van der Waals surface area contributed by atoms with Crippen molar-refractivity contribution in [1.82, 2.24) is 29.5 Å². The minimum absolute atomic E-state index is 0.118. The van der Waals surface area contributed by atoms with Crippen LogP contribution in [0, 0.1) is 0 Å². The Kier molecular flexibility index (Phi) is 6.42. The SMILES string of the molecule is CC(C)n1nccc1NC(=O)CSc1nnc(-c2ccncc2)n1Cc1ccccc1. The molecule has 4 aromatic rings. The highest BCUT2D eigenvalue weighted by Crippen LogP contribution is 2.25. The summed E-state index contributed by atoms with van der Waals surface area (Å²) in [4.78, 5) is 16.6. The van der Waals surface area contributed by atoms with Gasteiger partial charge in [0.15, 0.2) is 11.0 Å². The van der Waals surface area contributed by atoms with Crippen molar-refractivity contribution in [2.24, 2.45) is 0 Å². The van der Waals surface area contributed by atoms with Gasteiger partial charge in [0.05, 0.1) is 18.5 Å². The maximum atomic E-state index is 12.6. The van der Waals surface area contributed by atoms with Crippen LogP contribution in [0.5, 0.6) is 0 Å². The first-order valence-electron chi connectivity index (χ1n) is 9.95. The number of rotatable bonds is 8. The number of benzene rings is 1. The number of hydrogen-bond donors (Lipinski definition) is 1. The number of nitrogens with one attached hydrogen (secondary N) is 1. The molecule has 0 aliphatic rings. The summed E-state index contributed by atoms with van der Waals surface area (Å²) in [6.45, 7) is 4.64. The lowest BCUT2D eigenvalue weighted by atomic mass is 10.2. The molecular formula is C22H23N7OS. The van der Waals surface area contributed by atoms with Gasteiger partial charge >= 0.3 is 0 Å². The molecule has 1 N–H and O–H groups in total. The molecule has 0 saturated heterocycles. The fourth-order valence-electron chi connectivity index (χ4n) is 3.15. The molecule has 3 aromatic heterocycles. The third kappa shape index (κ3) is 5.00. The van der Waals surface area contributed by atoms with Gasteiger partial charge in [-0.25, -0.2) is 4.68 Å². The highest BCUT2D eigenvalue weighted by Gasteiger charge is 2.17. The van der Waals surface area contributed by atoms with E-state index in [0.29, 0.717) is 17.5 Å². The van der Waals surface area contributed by atoms with E-state index in [1.165, 1.54) is 11.8 Å². The molecule has 158 valence electrons. The topological polar surface area (TPSA) is 90.5 Å². The number of amides is 1. The predicted octanol–water partition coefficient (Wildman–Crippen LogP) is 3.90. The van der Waals surface area contributed by atoms with Crippen LogP contribution in [0.4, 0.5) is 5.82 Å². The van der Waals surface area contributed by atoms with Gasteiger partial charge in [-0.3, -0.25) is 14.3 Å². The zero-order valence-corrected chi connectivity index (χ0v) is 18.2. The van der Waals surface area contributed by atoms with E-state index in [0.717, 1.165) is 17.0 Å². The van der Waals surface area contributed by atoms with E-state index in [9.17, 15) is 4.79 Å². The van der Waals surface area contributed by atoms with Crippen molar-refractivity contribution in [3.05, 3.63) is 72.7 Å². The minimum Gasteiger partial charge on any atom is -0.310 e. The molecule has 1 amide bonds. The second-order valence-electron chi connectivity index (χ2n) is 7.21. The van der Waals surface area contributed by atoms with Crippen LogP contribution in [0.15, 0.2) is 72.3 Å². The Labute approximate surface area is 184 Å². The smallest absolute Gasteiger partial charge is 0.235 e. The Bertz CT molecular complexity index is 1140. The standard InChI is InChI=1S/C22H23N7OS/c1-16(2)29-19(10-13-24-29)25-20(30)15-31-22-27-26-21(18-8-11-23-12-9-18)28(22)14-17-6-4-3-5-7-17/h3-13,16H,14-15H2,1-2H3,(H,25,30). The summed E-state index contributed by atoms with van der Waals surface area (Å²) in [7, 11) is 0. The first-order valence-corrected chi connectivity index (χ1v) is 10.9. The number of aromatic nitrogens is 6. The summed E-state index contributed by atoms with van der Waals surface area (Å²) >= 11 is 1.36. The summed E-state index contributed by atoms with van der Waals surface area (Å²) in [5.41, 5.74) is 2.06. The number of carbonyl (C=O) groups is 1. The van der Waals surface area contributed by atoms with E-state index in [1.54, 1.807) is 29.3 Å². The summed E-state index contributed by atoms with van der Waals surface area (Å²) in [6.07, 6.45) is 5.14. The molecule has 0 bridgehead atoms. The summed E-state index contributed by atoms with van der Waals surface area (Å²) < 4.78 is 3.81. The molecular weight excluding hydrogens is 410 g/mol. The number of thioether (sulfide) groups is 1. The number of pyridine rings is 1. The molecule has 0 atom stereocenters. The molecule has 1 aromatic carbocycles. The quantitative estimate of drug-likeness (QED) is 0.424. The van der Waals surface area contributed by atoms with E-state index >= 15 is 0 Å².